The molecule has 7 heteroatoms. The fraction of sp³-hybridized carbons (Fsp3) is 0.250. The molecule has 7 nitrogen and oxygen atoms in total. The van der Waals surface area contributed by atoms with Gasteiger partial charge in [-0.15, -0.1) is 0 Å². The van der Waals surface area contributed by atoms with Crippen molar-refractivity contribution in [2.24, 2.45) is 0 Å². The van der Waals surface area contributed by atoms with Gasteiger partial charge in [0.2, 0.25) is 0 Å². The molecule has 0 saturated carbocycles. The molecule has 1 fully saturated rings. The Labute approximate surface area is 156 Å². The highest BCUT2D eigenvalue weighted by Crippen LogP contribution is 2.21. The number of ether oxygens (including phenoxy) is 2. The smallest absolute Gasteiger partial charge is 0.255 e. The van der Waals surface area contributed by atoms with Gasteiger partial charge >= 0.3 is 0 Å². The topological polar surface area (TPSA) is 78.3 Å². The van der Waals surface area contributed by atoms with Gasteiger partial charge in [-0.05, 0) is 49.2 Å². The van der Waals surface area contributed by atoms with E-state index < -0.39 is 0 Å². The number of carbonyl (C=O) groups is 1. The molecule has 1 aliphatic rings. The van der Waals surface area contributed by atoms with Gasteiger partial charge in [0.15, 0.2) is 0 Å². The molecule has 1 aromatic heterocycles. The molecule has 1 aliphatic heterocycles. The maximum atomic E-state index is 12.6. The lowest BCUT2D eigenvalue weighted by Gasteiger charge is -2.12. The lowest BCUT2D eigenvalue weighted by atomic mass is 10.2. The number of nitrogens with one attached hydrogen (secondary N) is 1. The Balaban J connectivity index is 1.41. The van der Waals surface area contributed by atoms with Crippen LogP contribution >= 0.6 is 0 Å². The standard InChI is InChI=1S/C20H20N4O3/c25-20(23-18-5-1-2-6-19(18)24-14-21-13-22-24)15-7-9-16(10-8-15)27-12-17-4-3-11-26-17/h1-2,5-10,13-14,17H,3-4,11-12H2,(H,23,25). The second kappa shape index (κ2) is 8.01. The van der Waals surface area contributed by atoms with Gasteiger partial charge in [-0.1, -0.05) is 12.1 Å². The van der Waals surface area contributed by atoms with E-state index in [0.717, 1.165) is 30.9 Å². The highest BCUT2D eigenvalue weighted by Gasteiger charge is 2.16. The van der Waals surface area contributed by atoms with Crippen molar-refractivity contribution in [1.82, 2.24) is 14.8 Å². The Morgan fingerprint density at radius 3 is 2.81 bits per heavy atom. The van der Waals surface area contributed by atoms with Gasteiger partial charge in [0.05, 0.1) is 17.5 Å². The van der Waals surface area contributed by atoms with E-state index >= 15 is 0 Å². The van der Waals surface area contributed by atoms with Crippen molar-refractivity contribution in [3.63, 3.8) is 0 Å². The predicted octanol–water partition coefficient (Wildman–Crippen LogP) is 3.08. The van der Waals surface area contributed by atoms with Gasteiger partial charge in [-0.3, -0.25) is 4.79 Å². The van der Waals surface area contributed by atoms with Crippen LogP contribution in [0.2, 0.25) is 0 Å². The lowest BCUT2D eigenvalue weighted by molar-refractivity contribution is 0.0679. The molecule has 1 amide bonds. The largest absolute Gasteiger partial charge is 0.491 e. The molecular weight excluding hydrogens is 344 g/mol. The number of hydrogen-bond acceptors (Lipinski definition) is 5. The fourth-order valence-electron chi connectivity index (χ4n) is 2.97. The van der Waals surface area contributed by atoms with Crippen LogP contribution in [0.5, 0.6) is 5.75 Å². The van der Waals surface area contributed by atoms with Crippen LogP contribution in [-0.2, 0) is 4.74 Å². The molecule has 0 bridgehead atoms. The van der Waals surface area contributed by atoms with Gasteiger partial charge in [0.25, 0.3) is 5.91 Å². The second-order valence-electron chi connectivity index (χ2n) is 6.28. The zero-order valence-corrected chi connectivity index (χ0v) is 14.7. The number of para-hydroxylation sites is 2. The molecule has 2 aromatic carbocycles. The Bertz CT molecular complexity index is 888. The Morgan fingerprint density at radius 2 is 2.07 bits per heavy atom. The summed E-state index contributed by atoms with van der Waals surface area (Å²) in [7, 11) is 0. The minimum absolute atomic E-state index is 0.168. The Morgan fingerprint density at radius 1 is 1.22 bits per heavy atom. The van der Waals surface area contributed by atoms with Crippen LogP contribution in [0.4, 0.5) is 5.69 Å². The van der Waals surface area contributed by atoms with E-state index in [2.05, 4.69) is 15.4 Å². The van der Waals surface area contributed by atoms with Crippen molar-refractivity contribution in [3.8, 4) is 11.4 Å². The van der Waals surface area contributed by atoms with E-state index in [4.69, 9.17) is 9.47 Å². The minimum Gasteiger partial charge on any atom is -0.491 e. The third-order valence-corrected chi connectivity index (χ3v) is 4.39. The summed E-state index contributed by atoms with van der Waals surface area (Å²) in [4.78, 5) is 16.5. The quantitative estimate of drug-likeness (QED) is 0.727. The number of nitrogens with zero attached hydrogens (tertiary/aromatic N) is 3. The van der Waals surface area contributed by atoms with Gasteiger partial charge in [0, 0.05) is 12.2 Å². The summed E-state index contributed by atoms with van der Waals surface area (Å²) >= 11 is 0. The lowest BCUT2D eigenvalue weighted by Crippen LogP contribution is -2.16. The maximum absolute atomic E-state index is 12.6. The van der Waals surface area contributed by atoms with Crippen molar-refractivity contribution in [2.75, 3.05) is 18.5 Å². The third kappa shape index (κ3) is 4.15. The molecule has 138 valence electrons. The first-order chi connectivity index (χ1) is 13.3. The first-order valence-electron chi connectivity index (χ1n) is 8.89. The monoisotopic (exact) mass is 364 g/mol. The molecule has 4 rings (SSSR count). The van der Waals surface area contributed by atoms with Crippen LogP contribution in [0.3, 0.4) is 0 Å². The molecule has 0 radical (unpaired) electrons. The molecule has 0 aliphatic carbocycles. The molecule has 1 atom stereocenters. The fourth-order valence-corrected chi connectivity index (χ4v) is 2.97. The summed E-state index contributed by atoms with van der Waals surface area (Å²) in [6, 6.07) is 14.5. The van der Waals surface area contributed by atoms with Crippen LogP contribution in [0.25, 0.3) is 5.69 Å². The first kappa shape index (κ1) is 17.2. The molecular formula is C20H20N4O3. The molecule has 3 aromatic rings. The van der Waals surface area contributed by atoms with Crippen LogP contribution < -0.4 is 10.1 Å². The van der Waals surface area contributed by atoms with Gasteiger partial charge in [-0.2, -0.15) is 5.10 Å². The summed E-state index contributed by atoms with van der Waals surface area (Å²) in [5, 5.41) is 7.04. The average molecular weight is 364 g/mol. The summed E-state index contributed by atoms with van der Waals surface area (Å²) in [5.74, 6) is 0.526. The highest BCUT2D eigenvalue weighted by molar-refractivity contribution is 6.05. The zero-order valence-electron chi connectivity index (χ0n) is 14.7. The maximum Gasteiger partial charge on any atom is 0.255 e. The molecule has 1 saturated heterocycles. The summed E-state index contributed by atoms with van der Waals surface area (Å²) in [6.07, 6.45) is 5.33. The molecule has 1 unspecified atom stereocenters. The third-order valence-electron chi connectivity index (χ3n) is 4.39. The molecule has 27 heavy (non-hydrogen) atoms. The van der Waals surface area contributed by atoms with Gasteiger partial charge < -0.3 is 14.8 Å². The summed E-state index contributed by atoms with van der Waals surface area (Å²) < 4.78 is 12.9. The first-order valence-corrected chi connectivity index (χ1v) is 8.89. The van der Waals surface area contributed by atoms with E-state index in [9.17, 15) is 4.79 Å². The van der Waals surface area contributed by atoms with E-state index in [1.807, 2.05) is 24.3 Å². The molecule has 1 N–H and O–H groups in total. The number of benzene rings is 2. The number of hydrogen-bond donors (Lipinski definition) is 1. The van der Waals surface area contributed by atoms with Crippen LogP contribution in [0.15, 0.2) is 61.2 Å². The second-order valence-corrected chi connectivity index (χ2v) is 6.28. The van der Waals surface area contributed by atoms with Crippen LogP contribution in [-0.4, -0.2) is 40.0 Å². The van der Waals surface area contributed by atoms with E-state index in [0.29, 0.717) is 17.9 Å². The number of anilines is 1. The average Bonchev–Trinajstić information content (AvgIpc) is 3.41. The van der Waals surface area contributed by atoms with Crippen molar-refractivity contribution >= 4 is 11.6 Å². The minimum atomic E-state index is -0.201. The number of aromatic nitrogens is 3. The summed E-state index contributed by atoms with van der Waals surface area (Å²) in [5.41, 5.74) is 1.96. The van der Waals surface area contributed by atoms with E-state index in [1.165, 1.54) is 6.33 Å². The van der Waals surface area contributed by atoms with Crippen molar-refractivity contribution in [1.29, 1.82) is 0 Å². The molecule has 2 heterocycles. The number of carbonyl (C=O) groups excluding carboxylic acids is 1. The van der Waals surface area contributed by atoms with Crippen LogP contribution in [0, 0.1) is 0 Å². The highest BCUT2D eigenvalue weighted by atomic mass is 16.5. The van der Waals surface area contributed by atoms with Crippen LogP contribution in [0.1, 0.15) is 23.2 Å². The van der Waals surface area contributed by atoms with Crippen molar-refractivity contribution in [3.05, 3.63) is 66.7 Å². The van der Waals surface area contributed by atoms with Crippen molar-refractivity contribution < 1.29 is 14.3 Å². The SMILES string of the molecule is O=C(Nc1ccccc1-n1cncn1)c1ccc(OCC2CCCO2)cc1. The number of rotatable bonds is 6. The van der Waals surface area contributed by atoms with Crippen molar-refractivity contribution in [2.45, 2.75) is 18.9 Å². The number of amides is 1. The van der Waals surface area contributed by atoms with E-state index in [1.54, 1.807) is 35.3 Å². The zero-order chi connectivity index (χ0) is 18.5. The van der Waals surface area contributed by atoms with Gasteiger partial charge in [0.1, 0.15) is 25.0 Å². The molecule has 0 spiro atoms. The van der Waals surface area contributed by atoms with Gasteiger partial charge in [-0.25, -0.2) is 9.67 Å². The normalized spacial score (nSPS) is 16.2. The predicted molar refractivity (Wildman–Crippen MR) is 100 cm³/mol. The Kier molecular flexibility index (Phi) is 5.11. The Hall–Kier alpha value is -3.19. The summed E-state index contributed by atoms with van der Waals surface area (Å²) in [6.45, 7) is 1.35. The van der Waals surface area contributed by atoms with E-state index in [-0.39, 0.29) is 12.0 Å².